The first-order chi connectivity index (χ1) is 7.60. The molecule has 88 valence electrons. The molecular formula is C12H16ClNO2. The number of benzene rings is 1. The summed E-state index contributed by atoms with van der Waals surface area (Å²) in [5, 5.41) is 20.0. The third-order valence-corrected chi connectivity index (χ3v) is 3.90. The molecule has 0 spiro atoms. The van der Waals surface area contributed by atoms with E-state index in [0.29, 0.717) is 17.1 Å². The van der Waals surface area contributed by atoms with Gasteiger partial charge in [0.15, 0.2) is 11.5 Å². The summed E-state index contributed by atoms with van der Waals surface area (Å²) < 4.78 is 0. The number of nitrogens with two attached hydrogens (primary N) is 1. The minimum absolute atomic E-state index is 0.111. The first kappa shape index (κ1) is 11.6. The molecule has 0 unspecified atom stereocenters. The smallest absolute Gasteiger partial charge is 0.162 e. The normalized spacial score (nSPS) is 18.9. The van der Waals surface area contributed by atoms with Crippen LogP contribution in [-0.2, 0) is 5.41 Å². The maximum absolute atomic E-state index is 9.95. The highest BCUT2D eigenvalue weighted by Crippen LogP contribution is 2.49. The Morgan fingerprint density at radius 2 is 1.88 bits per heavy atom. The van der Waals surface area contributed by atoms with Crippen LogP contribution >= 0.6 is 11.6 Å². The summed E-state index contributed by atoms with van der Waals surface area (Å²) in [7, 11) is 0. The second-order valence-corrected chi connectivity index (χ2v) is 4.89. The number of hydrogen-bond donors (Lipinski definition) is 3. The van der Waals surface area contributed by atoms with E-state index in [4.69, 9.17) is 17.3 Å². The van der Waals surface area contributed by atoms with Crippen LogP contribution in [0.4, 0.5) is 0 Å². The van der Waals surface area contributed by atoms with E-state index in [1.54, 1.807) is 6.07 Å². The Kier molecular flexibility index (Phi) is 3.00. The lowest BCUT2D eigenvalue weighted by Gasteiger charge is -2.29. The van der Waals surface area contributed by atoms with Gasteiger partial charge in [-0.3, -0.25) is 0 Å². The van der Waals surface area contributed by atoms with E-state index in [0.717, 1.165) is 25.7 Å². The molecule has 1 saturated carbocycles. The summed E-state index contributed by atoms with van der Waals surface area (Å²) in [6.45, 7) is 0.448. The first-order valence-electron chi connectivity index (χ1n) is 5.52. The van der Waals surface area contributed by atoms with Gasteiger partial charge in [-0.05, 0) is 25.0 Å². The molecule has 3 nitrogen and oxygen atoms in total. The Morgan fingerprint density at radius 1 is 1.25 bits per heavy atom. The molecule has 0 heterocycles. The lowest BCUT2D eigenvalue weighted by atomic mass is 9.78. The molecule has 16 heavy (non-hydrogen) atoms. The summed E-state index contributed by atoms with van der Waals surface area (Å²) in [6, 6.07) is 3.02. The van der Waals surface area contributed by atoms with Crippen LogP contribution in [0, 0.1) is 0 Å². The highest BCUT2D eigenvalue weighted by Gasteiger charge is 2.38. The van der Waals surface area contributed by atoms with Crippen molar-refractivity contribution in [1.29, 1.82) is 0 Å². The van der Waals surface area contributed by atoms with Gasteiger partial charge in [-0.2, -0.15) is 0 Å². The molecule has 2 rings (SSSR count). The van der Waals surface area contributed by atoms with Crippen molar-refractivity contribution in [3.8, 4) is 11.5 Å². The van der Waals surface area contributed by atoms with E-state index in [2.05, 4.69) is 0 Å². The quantitative estimate of drug-likeness (QED) is 0.697. The molecule has 1 aromatic carbocycles. The predicted octanol–water partition coefficient (Wildman–Crippen LogP) is 2.52. The van der Waals surface area contributed by atoms with E-state index in [-0.39, 0.29) is 16.9 Å². The topological polar surface area (TPSA) is 66.5 Å². The van der Waals surface area contributed by atoms with E-state index in [1.165, 1.54) is 6.07 Å². The molecule has 0 amide bonds. The minimum Gasteiger partial charge on any atom is -0.504 e. The zero-order valence-electron chi connectivity index (χ0n) is 9.04. The Labute approximate surface area is 99.8 Å². The van der Waals surface area contributed by atoms with E-state index in [9.17, 15) is 10.2 Å². The van der Waals surface area contributed by atoms with Crippen LogP contribution in [-0.4, -0.2) is 16.8 Å². The second-order valence-electron chi connectivity index (χ2n) is 4.48. The Balaban J connectivity index is 2.57. The summed E-state index contributed by atoms with van der Waals surface area (Å²) in [4.78, 5) is 0. The Bertz CT molecular complexity index is 400. The molecule has 4 N–H and O–H groups in total. The minimum atomic E-state index is -0.264. The number of aromatic hydroxyl groups is 2. The van der Waals surface area contributed by atoms with Crippen molar-refractivity contribution >= 4 is 11.6 Å². The average molecular weight is 242 g/mol. The van der Waals surface area contributed by atoms with Crippen LogP contribution in [0.25, 0.3) is 0 Å². The molecule has 1 aromatic rings. The number of rotatable bonds is 2. The fourth-order valence-electron chi connectivity index (χ4n) is 2.67. The summed E-state index contributed by atoms with van der Waals surface area (Å²) in [5.74, 6) is -0.237. The average Bonchev–Trinajstić information content (AvgIpc) is 2.74. The third-order valence-electron chi connectivity index (χ3n) is 3.59. The van der Waals surface area contributed by atoms with Crippen molar-refractivity contribution < 1.29 is 10.2 Å². The van der Waals surface area contributed by atoms with Crippen molar-refractivity contribution in [3.63, 3.8) is 0 Å². The van der Waals surface area contributed by atoms with Crippen molar-refractivity contribution in [3.05, 3.63) is 22.7 Å². The molecule has 1 aliphatic carbocycles. The van der Waals surface area contributed by atoms with Crippen LogP contribution in [0.5, 0.6) is 11.5 Å². The number of phenols is 2. The van der Waals surface area contributed by atoms with Gasteiger partial charge in [-0.25, -0.2) is 0 Å². The second kappa shape index (κ2) is 4.15. The van der Waals surface area contributed by atoms with E-state index in [1.807, 2.05) is 0 Å². The molecule has 0 bridgehead atoms. The van der Waals surface area contributed by atoms with E-state index >= 15 is 0 Å². The van der Waals surface area contributed by atoms with Gasteiger partial charge < -0.3 is 15.9 Å². The zero-order chi connectivity index (χ0) is 11.8. The molecule has 1 fully saturated rings. The Hall–Kier alpha value is -0.930. The van der Waals surface area contributed by atoms with Crippen LogP contribution in [0.3, 0.4) is 0 Å². The lowest BCUT2D eigenvalue weighted by molar-refractivity contribution is 0.372. The molecule has 1 aliphatic rings. The third kappa shape index (κ3) is 1.64. The highest BCUT2D eigenvalue weighted by molar-refractivity contribution is 6.31. The number of halogens is 1. The largest absolute Gasteiger partial charge is 0.504 e. The maximum atomic E-state index is 9.95. The summed E-state index contributed by atoms with van der Waals surface area (Å²) in [5.41, 5.74) is 6.19. The Morgan fingerprint density at radius 3 is 2.44 bits per heavy atom. The van der Waals surface area contributed by atoms with Crippen LogP contribution in [0.1, 0.15) is 31.2 Å². The molecule has 0 aromatic heterocycles. The van der Waals surface area contributed by atoms with Gasteiger partial charge in [0.1, 0.15) is 0 Å². The summed E-state index contributed by atoms with van der Waals surface area (Å²) in [6.07, 6.45) is 4.01. The fraction of sp³-hybridized carbons (Fsp3) is 0.500. The summed E-state index contributed by atoms with van der Waals surface area (Å²) >= 11 is 6.12. The number of phenolic OH excluding ortho intramolecular Hbond substituents is 2. The number of hydrogen-bond acceptors (Lipinski definition) is 3. The molecular weight excluding hydrogens is 226 g/mol. The molecule has 4 heteroatoms. The monoisotopic (exact) mass is 241 g/mol. The maximum Gasteiger partial charge on any atom is 0.162 e. The van der Waals surface area contributed by atoms with Crippen molar-refractivity contribution in [2.45, 2.75) is 31.1 Å². The molecule has 0 radical (unpaired) electrons. The lowest BCUT2D eigenvalue weighted by Crippen LogP contribution is -2.32. The van der Waals surface area contributed by atoms with Gasteiger partial charge in [-0.15, -0.1) is 0 Å². The fourth-order valence-corrected chi connectivity index (χ4v) is 3.02. The predicted molar refractivity (Wildman–Crippen MR) is 64.0 cm³/mol. The van der Waals surface area contributed by atoms with Crippen LogP contribution < -0.4 is 5.73 Å². The molecule has 0 aliphatic heterocycles. The first-order valence-corrected chi connectivity index (χ1v) is 5.89. The van der Waals surface area contributed by atoms with Gasteiger partial charge in [0.2, 0.25) is 0 Å². The zero-order valence-corrected chi connectivity index (χ0v) is 9.80. The van der Waals surface area contributed by atoms with Crippen molar-refractivity contribution in [2.24, 2.45) is 5.73 Å². The SMILES string of the molecule is NCC1(c2c(Cl)ccc(O)c2O)CCCC1. The van der Waals surface area contributed by atoms with Crippen molar-refractivity contribution in [1.82, 2.24) is 0 Å². The van der Waals surface area contributed by atoms with E-state index < -0.39 is 0 Å². The van der Waals surface area contributed by atoms with Gasteiger partial charge in [0.05, 0.1) is 0 Å². The van der Waals surface area contributed by atoms with Gasteiger partial charge in [-0.1, -0.05) is 24.4 Å². The molecule has 0 atom stereocenters. The standard InChI is InChI=1S/C12H16ClNO2/c13-8-3-4-9(15)11(16)10(8)12(7-14)5-1-2-6-12/h3-4,15-16H,1-2,5-7,14H2. The van der Waals surface area contributed by atoms with Gasteiger partial charge in [0.25, 0.3) is 0 Å². The van der Waals surface area contributed by atoms with Crippen LogP contribution in [0.15, 0.2) is 12.1 Å². The van der Waals surface area contributed by atoms with Gasteiger partial charge in [0, 0.05) is 22.5 Å². The van der Waals surface area contributed by atoms with Crippen LogP contribution in [0.2, 0.25) is 5.02 Å². The highest BCUT2D eigenvalue weighted by atomic mass is 35.5. The molecule has 0 saturated heterocycles. The van der Waals surface area contributed by atoms with Gasteiger partial charge >= 0.3 is 0 Å². The van der Waals surface area contributed by atoms with Crippen molar-refractivity contribution in [2.75, 3.05) is 6.54 Å².